The number of aliphatic carboxylic acids is 1. The molecular weight excluding hydrogens is 264 g/mol. The third-order valence-electron chi connectivity index (χ3n) is 3.31. The molecule has 0 aliphatic heterocycles. The SMILES string of the molecule is CCC(C)(Cn1nnnc1Cc1cccs1)C(=O)O. The molecule has 0 aliphatic carbocycles. The molecule has 6 nitrogen and oxygen atoms in total. The van der Waals surface area contributed by atoms with E-state index in [2.05, 4.69) is 15.5 Å². The highest BCUT2D eigenvalue weighted by Gasteiger charge is 2.33. The van der Waals surface area contributed by atoms with Gasteiger partial charge in [-0.05, 0) is 35.2 Å². The molecule has 2 heterocycles. The van der Waals surface area contributed by atoms with Crippen LogP contribution in [-0.4, -0.2) is 31.3 Å². The summed E-state index contributed by atoms with van der Waals surface area (Å²) in [7, 11) is 0. The summed E-state index contributed by atoms with van der Waals surface area (Å²) >= 11 is 1.63. The molecule has 0 aliphatic rings. The maximum atomic E-state index is 11.3. The van der Waals surface area contributed by atoms with E-state index in [-0.39, 0.29) is 6.54 Å². The van der Waals surface area contributed by atoms with Crippen molar-refractivity contribution < 1.29 is 9.90 Å². The predicted octanol–water partition coefficient (Wildman–Crippen LogP) is 1.83. The third-order valence-corrected chi connectivity index (χ3v) is 4.19. The van der Waals surface area contributed by atoms with Crippen LogP contribution in [-0.2, 0) is 17.8 Å². The van der Waals surface area contributed by atoms with E-state index in [0.29, 0.717) is 18.7 Å². The van der Waals surface area contributed by atoms with Gasteiger partial charge in [0, 0.05) is 11.3 Å². The van der Waals surface area contributed by atoms with Gasteiger partial charge in [-0.2, -0.15) is 0 Å². The van der Waals surface area contributed by atoms with Crippen LogP contribution in [0, 0.1) is 5.41 Å². The van der Waals surface area contributed by atoms with Crippen molar-refractivity contribution in [2.45, 2.75) is 33.2 Å². The molecule has 0 radical (unpaired) electrons. The lowest BCUT2D eigenvalue weighted by Crippen LogP contribution is -2.33. The van der Waals surface area contributed by atoms with Crippen molar-refractivity contribution in [1.82, 2.24) is 20.2 Å². The molecule has 1 unspecified atom stereocenters. The number of hydrogen-bond acceptors (Lipinski definition) is 5. The molecule has 0 fully saturated rings. The van der Waals surface area contributed by atoms with Crippen molar-refractivity contribution in [3.63, 3.8) is 0 Å². The number of thiophene rings is 1. The molecule has 7 heteroatoms. The number of tetrazole rings is 1. The van der Waals surface area contributed by atoms with Gasteiger partial charge in [0.05, 0.1) is 12.0 Å². The molecule has 102 valence electrons. The molecule has 0 amide bonds. The highest BCUT2D eigenvalue weighted by molar-refractivity contribution is 7.09. The van der Waals surface area contributed by atoms with E-state index in [1.165, 1.54) is 0 Å². The smallest absolute Gasteiger partial charge is 0.311 e. The summed E-state index contributed by atoms with van der Waals surface area (Å²) in [5.41, 5.74) is -0.848. The van der Waals surface area contributed by atoms with E-state index in [9.17, 15) is 9.90 Å². The number of carboxylic acid groups (broad SMARTS) is 1. The third kappa shape index (κ3) is 2.98. The van der Waals surface area contributed by atoms with E-state index >= 15 is 0 Å². The lowest BCUT2D eigenvalue weighted by atomic mass is 9.88. The average molecular weight is 280 g/mol. The Labute approximate surface area is 115 Å². The summed E-state index contributed by atoms with van der Waals surface area (Å²) in [6.45, 7) is 3.86. The number of hydrogen-bond donors (Lipinski definition) is 1. The lowest BCUT2D eigenvalue weighted by molar-refractivity contribution is -0.149. The number of nitrogens with zero attached hydrogens (tertiary/aromatic N) is 4. The van der Waals surface area contributed by atoms with Gasteiger partial charge in [0.15, 0.2) is 5.82 Å². The topological polar surface area (TPSA) is 80.9 Å². The van der Waals surface area contributed by atoms with Crippen molar-refractivity contribution in [1.29, 1.82) is 0 Å². The number of carboxylic acids is 1. The first-order chi connectivity index (χ1) is 9.05. The highest BCUT2D eigenvalue weighted by atomic mass is 32.1. The Bertz CT molecular complexity index is 552. The molecule has 0 spiro atoms. The van der Waals surface area contributed by atoms with Crippen molar-refractivity contribution in [2.24, 2.45) is 5.41 Å². The molecule has 0 bridgehead atoms. The quantitative estimate of drug-likeness (QED) is 0.873. The zero-order valence-corrected chi connectivity index (χ0v) is 11.7. The summed E-state index contributed by atoms with van der Waals surface area (Å²) in [5, 5.41) is 22.8. The zero-order chi connectivity index (χ0) is 13.9. The number of rotatable bonds is 6. The van der Waals surface area contributed by atoms with Crippen LogP contribution in [0.15, 0.2) is 17.5 Å². The van der Waals surface area contributed by atoms with Gasteiger partial charge in [0.25, 0.3) is 0 Å². The summed E-state index contributed by atoms with van der Waals surface area (Å²) < 4.78 is 1.59. The highest BCUT2D eigenvalue weighted by Crippen LogP contribution is 2.24. The van der Waals surface area contributed by atoms with Crippen LogP contribution in [0.2, 0.25) is 0 Å². The van der Waals surface area contributed by atoms with E-state index in [0.717, 1.165) is 4.88 Å². The summed E-state index contributed by atoms with van der Waals surface area (Å²) in [5.74, 6) is -0.129. The van der Waals surface area contributed by atoms with Gasteiger partial charge < -0.3 is 5.11 Å². The molecule has 19 heavy (non-hydrogen) atoms. The second-order valence-corrected chi connectivity index (χ2v) is 5.76. The molecule has 2 rings (SSSR count). The lowest BCUT2D eigenvalue weighted by Gasteiger charge is -2.22. The maximum absolute atomic E-state index is 11.3. The second kappa shape index (κ2) is 5.48. The van der Waals surface area contributed by atoms with Crippen molar-refractivity contribution in [3.8, 4) is 0 Å². The molecule has 0 aromatic carbocycles. The Morgan fingerprint density at radius 3 is 2.95 bits per heavy atom. The standard InChI is InChI=1S/C12H16N4O2S/c1-3-12(2,11(17)18)8-16-10(13-14-15-16)7-9-5-4-6-19-9/h4-6H,3,7-8H2,1-2H3,(H,17,18). The van der Waals surface area contributed by atoms with Crippen LogP contribution >= 0.6 is 11.3 Å². The Kier molecular flexibility index (Phi) is 3.94. The van der Waals surface area contributed by atoms with E-state index in [4.69, 9.17) is 0 Å². The molecule has 1 atom stereocenters. The summed E-state index contributed by atoms with van der Waals surface area (Å²) in [6, 6.07) is 3.99. The van der Waals surface area contributed by atoms with Crippen LogP contribution in [0.3, 0.4) is 0 Å². The monoisotopic (exact) mass is 280 g/mol. The van der Waals surface area contributed by atoms with Gasteiger partial charge in [-0.25, -0.2) is 4.68 Å². The van der Waals surface area contributed by atoms with Gasteiger partial charge in [-0.1, -0.05) is 13.0 Å². The van der Waals surface area contributed by atoms with Crippen molar-refractivity contribution in [2.75, 3.05) is 0 Å². The number of aromatic nitrogens is 4. The predicted molar refractivity (Wildman–Crippen MR) is 71.0 cm³/mol. The fourth-order valence-corrected chi connectivity index (χ4v) is 2.40. The molecule has 2 aromatic heterocycles. The second-order valence-electron chi connectivity index (χ2n) is 4.73. The molecule has 1 N–H and O–H groups in total. The molecular formula is C12H16N4O2S. The van der Waals surface area contributed by atoms with E-state index in [1.54, 1.807) is 22.9 Å². The van der Waals surface area contributed by atoms with Gasteiger partial charge in [0.1, 0.15) is 0 Å². The Hall–Kier alpha value is -1.76. The average Bonchev–Trinajstić information content (AvgIpc) is 3.02. The van der Waals surface area contributed by atoms with Gasteiger partial charge >= 0.3 is 5.97 Å². The van der Waals surface area contributed by atoms with Crippen LogP contribution in [0.4, 0.5) is 0 Å². The zero-order valence-electron chi connectivity index (χ0n) is 10.9. The molecule has 0 saturated heterocycles. The molecule has 0 saturated carbocycles. The largest absolute Gasteiger partial charge is 0.481 e. The summed E-state index contributed by atoms with van der Waals surface area (Å²) in [4.78, 5) is 12.5. The first-order valence-corrected chi connectivity index (χ1v) is 6.94. The van der Waals surface area contributed by atoms with Crippen LogP contribution in [0.25, 0.3) is 0 Å². The normalized spacial score (nSPS) is 14.2. The fourth-order valence-electron chi connectivity index (χ4n) is 1.70. The van der Waals surface area contributed by atoms with Gasteiger partial charge in [-0.15, -0.1) is 16.4 Å². The van der Waals surface area contributed by atoms with Crippen LogP contribution in [0.1, 0.15) is 31.0 Å². The minimum absolute atomic E-state index is 0.284. The van der Waals surface area contributed by atoms with Crippen LogP contribution < -0.4 is 0 Å². The van der Waals surface area contributed by atoms with Crippen LogP contribution in [0.5, 0.6) is 0 Å². The molecule has 2 aromatic rings. The fraction of sp³-hybridized carbons (Fsp3) is 0.500. The minimum atomic E-state index is -0.848. The van der Waals surface area contributed by atoms with E-state index in [1.807, 2.05) is 24.4 Å². The van der Waals surface area contributed by atoms with E-state index < -0.39 is 11.4 Å². The number of carbonyl (C=O) groups is 1. The first kappa shape index (κ1) is 13.7. The minimum Gasteiger partial charge on any atom is -0.481 e. The Balaban J connectivity index is 2.18. The Morgan fingerprint density at radius 2 is 2.37 bits per heavy atom. The first-order valence-electron chi connectivity index (χ1n) is 6.06. The van der Waals surface area contributed by atoms with Crippen molar-refractivity contribution >= 4 is 17.3 Å². The Morgan fingerprint density at radius 1 is 1.58 bits per heavy atom. The van der Waals surface area contributed by atoms with Crippen molar-refractivity contribution in [3.05, 3.63) is 28.2 Å². The maximum Gasteiger partial charge on any atom is 0.311 e. The van der Waals surface area contributed by atoms with Gasteiger partial charge in [0.2, 0.25) is 0 Å². The van der Waals surface area contributed by atoms with Gasteiger partial charge in [-0.3, -0.25) is 4.79 Å². The summed E-state index contributed by atoms with van der Waals surface area (Å²) in [6.07, 6.45) is 1.16.